The van der Waals surface area contributed by atoms with Gasteiger partial charge in [0.25, 0.3) is 0 Å². The van der Waals surface area contributed by atoms with Crippen LogP contribution in [0, 0.1) is 5.82 Å². The normalized spacial score (nSPS) is 11.5. The predicted octanol–water partition coefficient (Wildman–Crippen LogP) is 5.18. The molecule has 5 rings (SSSR count). The zero-order chi connectivity index (χ0) is 17.7. The second kappa shape index (κ2) is 5.56. The summed E-state index contributed by atoms with van der Waals surface area (Å²) in [6, 6.07) is 23.1. The number of anilines is 2. The molecule has 4 heteroatoms. The van der Waals surface area contributed by atoms with Gasteiger partial charge in [-0.1, -0.05) is 30.3 Å². The van der Waals surface area contributed by atoms with E-state index >= 15 is 0 Å². The van der Waals surface area contributed by atoms with E-state index in [0.717, 1.165) is 44.2 Å². The molecule has 2 aromatic heterocycles. The minimum Gasteiger partial charge on any atom is -0.353 e. The first-order valence-corrected chi connectivity index (χ1v) is 8.56. The molecule has 2 N–H and O–H groups in total. The lowest BCUT2D eigenvalue weighted by Gasteiger charge is -2.11. The lowest BCUT2D eigenvalue weighted by Crippen LogP contribution is -2.30. The van der Waals surface area contributed by atoms with Crippen LogP contribution >= 0.6 is 0 Å². The first-order chi connectivity index (χ1) is 12.7. The molecule has 0 bridgehead atoms. The van der Waals surface area contributed by atoms with Gasteiger partial charge in [-0.3, -0.25) is 0 Å². The van der Waals surface area contributed by atoms with Crippen LogP contribution < -0.4 is 9.88 Å². The highest BCUT2D eigenvalue weighted by Gasteiger charge is 2.22. The number of pyridine rings is 1. The van der Waals surface area contributed by atoms with Crippen molar-refractivity contribution in [2.45, 2.75) is 0 Å². The van der Waals surface area contributed by atoms with Gasteiger partial charge in [-0.05, 0) is 36.4 Å². The molecular formula is C22H17FN3+. The Balaban J connectivity index is 1.91. The third-order valence-corrected chi connectivity index (χ3v) is 4.89. The van der Waals surface area contributed by atoms with Crippen LogP contribution in [-0.4, -0.2) is 4.98 Å². The van der Waals surface area contributed by atoms with Crippen LogP contribution in [0.1, 0.15) is 0 Å². The highest BCUT2D eigenvalue weighted by atomic mass is 19.1. The molecule has 3 aromatic carbocycles. The predicted molar refractivity (Wildman–Crippen MR) is 104 cm³/mol. The first-order valence-electron chi connectivity index (χ1n) is 8.56. The third-order valence-electron chi connectivity index (χ3n) is 4.89. The Labute approximate surface area is 149 Å². The summed E-state index contributed by atoms with van der Waals surface area (Å²) >= 11 is 0. The van der Waals surface area contributed by atoms with Gasteiger partial charge in [-0.25, -0.2) is 4.39 Å². The molecule has 2 heterocycles. The topological polar surface area (TPSA) is 31.7 Å². The summed E-state index contributed by atoms with van der Waals surface area (Å²) in [6.07, 6.45) is 0. The second-order valence-corrected chi connectivity index (χ2v) is 6.48. The molecule has 5 aromatic rings. The molecule has 0 fully saturated rings. The second-order valence-electron chi connectivity index (χ2n) is 6.48. The number of nitrogens with zero attached hydrogens (tertiary/aromatic N) is 1. The average Bonchev–Trinajstić information content (AvgIpc) is 3.05. The van der Waals surface area contributed by atoms with E-state index in [0.29, 0.717) is 0 Å². The van der Waals surface area contributed by atoms with Gasteiger partial charge in [0.05, 0.1) is 22.0 Å². The summed E-state index contributed by atoms with van der Waals surface area (Å²) in [5.74, 6) is -0.256. The molecule has 0 radical (unpaired) electrons. The monoisotopic (exact) mass is 342 g/mol. The van der Waals surface area contributed by atoms with E-state index in [1.165, 1.54) is 12.1 Å². The Hall–Kier alpha value is -3.40. The fraction of sp³-hybridized carbons (Fsp3) is 0.0455. The Bertz CT molecular complexity index is 1290. The number of hydrogen-bond donors (Lipinski definition) is 2. The number of aromatic nitrogens is 2. The van der Waals surface area contributed by atoms with Crippen molar-refractivity contribution in [3.8, 4) is 0 Å². The standard InChI is InChI=1S/C22H16FN3/c1-26-19-12-5-3-10-17(19)20(24-15-8-6-7-14(23)13-15)21-22(26)16-9-2-4-11-18(16)25-21/h2-13H,1H3,(H,24,25)/p+1. The number of aromatic amines is 1. The molecule has 0 aliphatic carbocycles. The van der Waals surface area contributed by atoms with Crippen LogP contribution in [0.25, 0.3) is 32.8 Å². The van der Waals surface area contributed by atoms with Gasteiger partial charge in [0.15, 0.2) is 0 Å². The number of H-pyrrole nitrogens is 1. The van der Waals surface area contributed by atoms with Gasteiger partial charge in [0.2, 0.25) is 11.0 Å². The van der Waals surface area contributed by atoms with Crippen molar-refractivity contribution < 1.29 is 8.96 Å². The summed E-state index contributed by atoms with van der Waals surface area (Å²) < 4.78 is 15.9. The van der Waals surface area contributed by atoms with Crippen LogP contribution in [0.4, 0.5) is 15.8 Å². The zero-order valence-electron chi connectivity index (χ0n) is 14.3. The molecule has 3 nitrogen and oxygen atoms in total. The van der Waals surface area contributed by atoms with Gasteiger partial charge in [-0.2, -0.15) is 4.57 Å². The largest absolute Gasteiger partial charge is 0.353 e. The number of nitrogens with one attached hydrogen (secondary N) is 2. The van der Waals surface area contributed by atoms with Crippen molar-refractivity contribution in [2.75, 3.05) is 5.32 Å². The summed E-state index contributed by atoms with van der Waals surface area (Å²) in [5.41, 5.74) is 6.01. The smallest absolute Gasteiger partial charge is 0.240 e. The number of para-hydroxylation sites is 2. The fourth-order valence-corrected chi connectivity index (χ4v) is 3.73. The summed E-state index contributed by atoms with van der Waals surface area (Å²) in [5, 5.41) is 5.68. The van der Waals surface area contributed by atoms with Crippen molar-refractivity contribution in [2.24, 2.45) is 7.05 Å². The van der Waals surface area contributed by atoms with Gasteiger partial charge in [0, 0.05) is 11.8 Å². The number of aryl methyl sites for hydroxylation is 1. The summed E-state index contributed by atoms with van der Waals surface area (Å²) in [7, 11) is 2.08. The van der Waals surface area contributed by atoms with E-state index in [4.69, 9.17) is 0 Å². The maximum Gasteiger partial charge on any atom is 0.240 e. The highest BCUT2D eigenvalue weighted by molar-refractivity contribution is 6.13. The summed E-state index contributed by atoms with van der Waals surface area (Å²) in [6.45, 7) is 0. The van der Waals surface area contributed by atoms with Crippen LogP contribution in [0.3, 0.4) is 0 Å². The first kappa shape index (κ1) is 14.9. The lowest BCUT2D eigenvalue weighted by molar-refractivity contribution is -0.616. The SMILES string of the molecule is C[n+]1c2ccccc2c(Nc2cccc(F)c2)c2[nH]c3ccccc3c21. The van der Waals surface area contributed by atoms with Crippen LogP contribution in [0.5, 0.6) is 0 Å². The average molecular weight is 342 g/mol. The maximum absolute atomic E-state index is 13.7. The number of benzene rings is 3. The van der Waals surface area contributed by atoms with Gasteiger partial charge in [-0.15, -0.1) is 0 Å². The van der Waals surface area contributed by atoms with Crippen molar-refractivity contribution in [3.63, 3.8) is 0 Å². The molecule has 26 heavy (non-hydrogen) atoms. The Kier molecular flexibility index (Phi) is 3.19. The molecule has 0 unspecified atom stereocenters. The van der Waals surface area contributed by atoms with Gasteiger partial charge >= 0.3 is 0 Å². The Morgan fingerprint density at radius 1 is 0.885 bits per heavy atom. The molecule has 0 saturated heterocycles. The minimum atomic E-state index is -0.256. The Morgan fingerprint density at radius 2 is 1.65 bits per heavy atom. The van der Waals surface area contributed by atoms with Gasteiger partial charge < -0.3 is 10.3 Å². The van der Waals surface area contributed by atoms with E-state index in [1.807, 2.05) is 30.3 Å². The zero-order valence-corrected chi connectivity index (χ0v) is 14.3. The molecule has 0 spiro atoms. The lowest BCUT2D eigenvalue weighted by atomic mass is 10.1. The Morgan fingerprint density at radius 3 is 2.50 bits per heavy atom. The molecule has 0 aliphatic rings. The van der Waals surface area contributed by atoms with E-state index in [1.54, 1.807) is 6.07 Å². The summed E-state index contributed by atoms with van der Waals surface area (Å²) in [4.78, 5) is 3.54. The third kappa shape index (κ3) is 2.15. The van der Waals surface area contributed by atoms with E-state index < -0.39 is 0 Å². The van der Waals surface area contributed by atoms with Crippen molar-refractivity contribution >= 4 is 44.2 Å². The minimum absolute atomic E-state index is 0.256. The molecule has 0 aliphatic heterocycles. The van der Waals surface area contributed by atoms with Gasteiger partial charge in [0.1, 0.15) is 18.4 Å². The van der Waals surface area contributed by atoms with E-state index in [9.17, 15) is 4.39 Å². The molecule has 0 amide bonds. The maximum atomic E-state index is 13.7. The quantitative estimate of drug-likeness (QED) is 0.426. The van der Waals surface area contributed by atoms with Crippen LogP contribution in [-0.2, 0) is 7.05 Å². The van der Waals surface area contributed by atoms with E-state index in [-0.39, 0.29) is 5.82 Å². The highest BCUT2D eigenvalue weighted by Crippen LogP contribution is 2.35. The number of halogens is 1. The molecule has 0 saturated carbocycles. The number of rotatable bonds is 2. The molecule has 126 valence electrons. The van der Waals surface area contributed by atoms with Crippen LogP contribution in [0.2, 0.25) is 0 Å². The number of hydrogen-bond acceptors (Lipinski definition) is 1. The van der Waals surface area contributed by atoms with Crippen molar-refractivity contribution in [1.82, 2.24) is 4.98 Å². The molecule has 0 atom stereocenters. The van der Waals surface area contributed by atoms with Crippen LogP contribution in [0.15, 0.2) is 72.8 Å². The van der Waals surface area contributed by atoms with E-state index in [2.05, 4.69) is 46.2 Å². The molecular weight excluding hydrogens is 325 g/mol. The van der Waals surface area contributed by atoms with Crippen molar-refractivity contribution in [1.29, 1.82) is 0 Å². The number of fused-ring (bicyclic) bond motifs is 4. The fourth-order valence-electron chi connectivity index (χ4n) is 3.73. The van der Waals surface area contributed by atoms with Crippen molar-refractivity contribution in [3.05, 3.63) is 78.6 Å².